The molecule has 1 aliphatic rings. The second-order valence-corrected chi connectivity index (χ2v) is 9.53. The summed E-state index contributed by atoms with van der Waals surface area (Å²) in [5.74, 6) is 0. The monoisotopic (exact) mass is 524 g/mol. The Morgan fingerprint density at radius 3 is 2.66 bits per heavy atom. The highest BCUT2D eigenvalue weighted by molar-refractivity contribution is 7.14. The number of benzene rings is 2. The number of aliphatic hydroxyl groups excluding tert-OH is 1. The first-order chi connectivity index (χ1) is 16.7. The van der Waals surface area contributed by atoms with Crippen LogP contribution in [0.25, 0.3) is 11.3 Å². The molecule has 0 radical (unpaired) electrons. The molecule has 2 heterocycles. The van der Waals surface area contributed by atoms with E-state index in [0.29, 0.717) is 48.3 Å². The second kappa shape index (κ2) is 10.9. The summed E-state index contributed by atoms with van der Waals surface area (Å²) in [6, 6.07) is 11.1. The molecule has 0 bridgehead atoms. The van der Waals surface area contributed by atoms with E-state index in [4.69, 9.17) is 11.6 Å². The third-order valence-electron chi connectivity index (χ3n) is 5.73. The van der Waals surface area contributed by atoms with Gasteiger partial charge in [-0.3, -0.25) is 4.90 Å². The highest BCUT2D eigenvalue weighted by Crippen LogP contribution is 2.32. The van der Waals surface area contributed by atoms with Gasteiger partial charge in [0.25, 0.3) is 0 Å². The van der Waals surface area contributed by atoms with Crippen molar-refractivity contribution in [3.8, 4) is 11.3 Å². The van der Waals surface area contributed by atoms with E-state index in [9.17, 15) is 23.1 Å². The lowest BCUT2D eigenvalue weighted by molar-refractivity contribution is -0.137. The van der Waals surface area contributed by atoms with Crippen LogP contribution >= 0.6 is 22.9 Å². The summed E-state index contributed by atoms with van der Waals surface area (Å²) in [5, 5.41) is 15.1. The van der Waals surface area contributed by atoms with Crippen LogP contribution in [-0.2, 0) is 6.18 Å². The van der Waals surface area contributed by atoms with Crippen LogP contribution in [0.5, 0.6) is 0 Å². The molecule has 186 valence electrons. The van der Waals surface area contributed by atoms with Gasteiger partial charge in [-0.05, 0) is 43.2 Å². The number of nitrogens with zero attached hydrogens (tertiary/aromatic N) is 3. The van der Waals surface area contributed by atoms with Crippen molar-refractivity contribution in [2.75, 3.05) is 36.4 Å². The molecule has 1 fully saturated rings. The molecule has 0 atom stereocenters. The number of likely N-dealkylation sites (tertiary alicyclic amines) is 1. The van der Waals surface area contributed by atoms with Crippen LogP contribution < -0.4 is 10.2 Å². The highest BCUT2D eigenvalue weighted by Gasteiger charge is 2.31. The van der Waals surface area contributed by atoms with Crippen LogP contribution in [0.3, 0.4) is 0 Å². The molecule has 4 rings (SSSR count). The number of carbonyl (C=O) groups is 1. The smallest absolute Gasteiger partial charge is 0.393 e. The number of amides is 2. The third-order valence-corrected chi connectivity index (χ3v) is 6.83. The first-order valence-corrected chi connectivity index (χ1v) is 12.3. The fraction of sp³-hybridized carbons (Fsp3) is 0.333. The van der Waals surface area contributed by atoms with Gasteiger partial charge in [-0.25, -0.2) is 9.78 Å². The Kier molecular flexibility index (Phi) is 7.95. The van der Waals surface area contributed by atoms with E-state index >= 15 is 0 Å². The van der Waals surface area contributed by atoms with Crippen LogP contribution in [0.4, 0.5) is 28.8 Å². The standard InChI is InChI=1S/C24H24ClF3N4O2S/c25-18-5-1-3-16(13-18)21-15-35-23(30-21)32(12-11-31-9-7-20(33)8-10-31)22(34)29-19-6-2-4-17(14-19)24(26,27)28/h1-6,13-15,20,33H,7-12H2,(H,29,34). The topological polar surface area (TPSA) is 68.7 Å². The first-order valence-electron chi connectivity index (χ1n) is 11.1. The molecule has 6 nitrogen and oxygen atoms in total. The predicted octanol–water partition coefficient (Wildman–Crippen LogP) is 5.98. The lowest BCUT2D eigenvalue weighted by Gasteiger charge is -2.31. The number of hydrogen-bond acceptors (Lipinski definition) is 5. The van der Waals surface area contributed by atoms with Gasteiger partial charge in [-0.1, -0.05) is 29.8 Å². The Hall–Kier alpha value is -2.66. The SMILES string of the molecule is O=C(Nc1cccc(C(F)(F)F)c1)N(CCN1CCC(O)CC1)c1nc(-c2cccc(Cl)c2)cs1. The number of carbonyl (C=O) groups excluding carboxylic acids is 1. The van der Waals surface area contributed by atoms with Gasteiger partial charge < -0.3 is 15.3 Å². The maximum atomic E-state index is 13.2. The zero-order valence-electron chi connectivity index (χ0n) is 18.6. The number of aromatic nitrogens is 1. The second-order valence-electron chi connectivity index (χ2n) is 8.26. The normalized spacial score (nSPS) is 15.2. The number of aliphatic hydroxyl groups is 1. The molecule has 0 aliphatic carbocycles. The summed E-state index contributed by atoms with van der Waals surface area (Å²) in [6.45, 7) is 2.23. The average Bonchev–Trinajstić information content (AvgIpc) is 3.30. The Bertz CT molecular complexity index is 1170. The van der Waals surface area contributed by atoms with Crippen molar-refractivity contribution < 1.29 is 23.1 Å². The minimum atomic E-state index is -4.51. The number of thiazole rings is 1. The molecule has 35 heavy (non-hydrogen) atoms. The fourth-order valence-corrected chi connectivity index (χ4v) is 4.85. The van der Waals surface area contributed by atoms with Gasteiger partial charge >= 0.3 is 12.2 Å². The molecule has 2 aromatic carbocycles. The van der Waals surface area contributed by atoms with Gasteiger partial charge in [0.1, 0.15) is 0 Å². The first kappa shape index (κ1) is 25.4. The Morgan fingerprint density at radius 1 is 1.20 bits per heavy atom. The zero-order valence-corrected chi connectivity index (χ0v) is 20.2. The van der Waals surface area contributed by atoms with Crippen molar-refractivity contribution in [3.05, 3.63) is 64.5 Å². The number of anilines is 2. The molecule has 0 unspecified atom stereocenters. The molecule has 11 heteroatoms. The van der Waals surface area contributed by atoms with E-state index in [-0.39, 0.29) is 18.3 Å². The lowest BCUT2D eigenvalue weighted by atomic mass is 10.1. The molecule has 2 N–H and O–H groups in total. The Morgan fingerprint density at radius 2 is 1.94 bits per heavy atom. The molecule has 1 aliphatic heterocycles. The van der Waals surface area contributed by atoms with E-state index in [1.807, 2.05) is 11.4 Å². The number of halogens is 4. The predicted molar refractivity (Wildman–Crippen MR) is 132 cm³/mol. The quantitative estimate of drug-likeness (QED) is 0.416. The molecular weight excluding hydrogens is 501 g/mol. The van der Waals surface area contributed by atoms with Crippen LogP contribution in [0.2, 0.25) is 5.02 Å². The van der Waals surface area contributed by atoms with Gasteiger partial charge in [0.2, 0.25) is 0 Å². The highest BCUT2D eigenvalue weighted by atomic mass is 35.5. The summed E-state index contributed by atoms with van der Waals surface area (Å²) in [4.78, 5) is 21.4. The number of nitrogens with one attached hydrogen (secondary N) is 1. The van der Waals surface area contributed by atoms with Gasteiger partial charge in [0.05, 0.1) is 17.4 Å². The molecule has 2 amide bonds. The van der Waals surface area contributed by atoms with Crippen LogP contribution in [0, 0.1) is 0 Å². The van der Waals surface area contributed by atoms with E-state index in [2.05, 4.69) is 15.2 Å². The zero-order chi connectivity index (χ0) is 25.0. The summed E-state index contributed by atoms with van der Waals surface area (Å²) >= 11 is 7.36. The van der Waals surface area contributed by atoms with Crippen molar-refractivity contribution in [1.82, 2.24) is 9.88 Å². The average molecular weight is 525 g/mol. The molecular formula is C24H24ClF3N4O2S. The van der Waals surface area contributed by atoms with E-state index < -0.39 is 17.8 Å². The number of piperidine rings is 1. The number of urea groups is 1. The third kappa shape index (κ3) is 6.72. The van der Waals surface area contributed by atoms with Crippen molar-refractivity contribution in [2.24, 2.45) is 0 Å². The Balaban J connectivity index is 1.55. The summed E-state index contributed by atoms with van der Waals surface area (Å²) < 4.78 is 39.3. The van der Waals surface area contributed by atoms with Gasteiger partial charge in [0, 0.05) is 47.8 Å². The summed E-state index contributed by atoms with van der Waals surface area (Å²) in [7, 11) is 0. The van der Waals surface area contributed by atoms with Crippen molar-refractivity contribution >= 4 is 39.8 Å². The van der Waals surface area contributed by atoms with Crippen molar-refractivity contribution in [2.45, 2.75) is 25.1 Å². The fourth-order valence-electron chi connectivity index (χ4n) is 3.80. The number of hydrogen-bond donors (Lipinski definition) is 2. The minimum absolute atomic E-state index is 0.0440. The molecule has 1 aromatic heterocycles. The van der Waals surface area contributed by atoms with E-state index in [1.54, 1.807) is 18.2 Å². The van der Waals surface area contributed by atoms with E-state index in [0.717, 1.165) is 17.7 Å². The van der Waals surface area contributed by atoms with E-state index in [1.165, 1.54) is 28.4 Å². The van der Waals surface area contributed by atoms with Crippen molar-refractivity contribution in [3.63, 3.8) is 0 Å². The maximum Gasteiger partial charge on any atom is 0.416 e. The number of rotatable bonds is 6. The maximum absolute atomic E-state index is 13.2. The largest absolute Gasteiger partial charge is 0.416 e. The van der Waals surface area contributed by atoms with Gasteiger partial charge in [-0.2, -0.15) is 13.2 Å². The molecule has 0 saturated carbocycles. The summed E-state index contributed by atoms with van der Waals surface area (Å²) in [6.07, 6.45) is -3.51. The van der Waals surface area contributed by atoms with Crippen LogP contribution in [0.15, 0.2) is 53.9 Å². The van der Waals surface area contributed by atoms with Gasteiger partial charge in [0.15, 0.2) is 5.13 Å². The van der Waals surface area contributed by atoms with Crippen molar-refractivity contribution in [1.29, 1.82) is 0 Å². The minimum Gasteiger partial charge on any atom is -0.393 e. The van der Waals surface area contributed by atoms with Crippen LogP contribution in [-0.4, -0.2) is 53.3 Å². The number of alkyl halides is 3. The molecule has 3 aromatic rings. The van der Waals surface area contributed by atoms with Gasteiger partial charge in [-0.15, -0.1) is 11.3 Å². The molecule has 0 spiro atoms. The molecule has 1 saturated heterocycles. The van der Waals surface area contributed by atoms with Crippen LogP contribution in [0.1, 0.15) is 18.4 Å². The summed E-state index contributed by atoms with van der Waals surface area (Å²) in [5.41, 5.74) is 0.641. The Labute approximate surface area is 210 Å². The lowest BCUT2D eigenvalue weighted by Crippen LogP contribution is -2.44.